The Morgan fingerprint density at radius 3 is 2.63 bits per heavy atom. The molecule has 0 radical (unpaired) electrons. The molecule has 1 heterocycles. The van der Waals surface area contributed by atoms with Crippen LogP contribution in [0.15, 0.2) is 12.3 Å². The van der Waals surface area contributed by atoms with Crippen LogP contribution in [0.3, 0.4) is 0 Å². The number of pyridine rings is 1. The fourth-order valence-corrected chi connectivity index (χ4v) is 2.76. The number of carboxylic acid groups (broad SMARTS) is 1. The highest BCUT2D eigenvalue weighted by atomic mass is 16.4. The fourth-order valence-electron chi connectivity index (χ4n) is 2.76. The van der Waals surface area contributed by atoms with Gasteiger partial charge >= 0.3 is 5.97 Å². The maximum atomic E-state index is 11.4. The van der Waals surface area contributed by atoms with Gasteiger partial charge in [0.05, 0.1) is 0 Å². The molecule has 4 nitrogen and oxygen atoms in total. The molecule has 0 bridgehead atoms. The second-order valence-corrected chi connectivity index (χ2v) is 5.19. The lowest BCUT2D eigenvalue weighted by atomic mass is 10.1. The van der Waals surface area contributed by atoms with Gasteiger partial charge in [0.15, 0.2) is 0 Å². The smallest absolute Gasteiger partial charge is 0.339 e. The molecule has 2 N–H and O–H groups in total. The second-order valence-electron chi connectivity index (χ2n) is 5.19. The molecule has 1 aromatic rings. The average Bonchev–Trinajstić information content (AvgIpc) is 2.66. The van der Waals surface area contributed by atoms with Crippen LogP contribution in [0.1, 0.15) is 61.4 Å². The van der Waals surface area contributed by atoms with E-state index in [0.717, 1.165) is 18.4 Å². The standard InChI is InChI=1S/C15H22N2O2/c1-2-11-9-10-16-14(13(11)15(18)19)17-12-7-5-3-4-6-8-12/h9-10,12H,2-8H2,1H3,(H,16,17)(H,18,19). The van der Waals surface area contributed by atoms with E-state index in [2.05, 4.69) is 10.3 Å². The number of carbonyl (C=O) groups is 1. The van der Waals surface area contributed by atoms with E-state index in [4.69, 9.17) is 0 Å². The topological polar surface area (TPSA) is 62.2 Å². The van der Waals surface area contributed by atoms with Gasteiger partial charge in [-0.05, 0) is 30.9 Å². The number of aromatic carboxylic acids is 1. The Morgan fingerprint density at radius 1 is 1.37 bits per heavy atom. The van der Waals surface area contributed by atoms with Crippen molar-refractivity contribution in [3.05, 3.63) is 23.4 Å². The summed E-state index contributed by atoms with van der Waals surface area (Å²) in [6, 6.07) is 2.15. The van der Waals surface area contributed by atoms with Crippen molar-refractivity contribution in [1.82, 2.24) is 4.98 Å². The van der Waals surface area contributed by atoms with Gasteiger partial charge in [0, 0.05) is 12.2 Å². The maximum absolute atomic E-state index is 11.4. The van der Waals surface area contributed by atoms with Gasteiger partial charge in [0.1, 0.15) is 11.4 Å². The largest absolute Gasteiger partial charge is 0.478 e. The number of nitrogens with one attached hydrogen (secondary N) is 1. The molecule has 4 heteroatoms. The van der Waals surface area contributed by atoms with Gasteiger partial charge in [-0.25, -0.2) is 9.78 Å². The van der Waals surface area contributed by atoms with Crippen LogP contribution in [0.5, 0.6) is 0 Å². The molecule has 19 heavy (non-hydrogen) atoms. The van der Waals surface area contributed by atoms with Crippen LogP contribution in [0.4, 0.5) is 5.82 Å². The first-order valence-electron chi connectivity index (χ1n) is 7.20. The van der Waals surface area contributed by atoms with Crippen LogP contribution in [0.2, 0.25) is 0 Å². The second kappa shape index (κ2) is 6.55. The molecule has 0 saturated heterocycles. The van der Waals surface area contributed by atoms with E-state index in [0.29, 0.717) is 23.8 Å². The maximum Gasteiger partial charge on any atom is 0.339 e. The van der Waals surface area contributed by atoms with E-state index in [9.17, 15) is 9.90 Å². The van der Waals surface area contributed by atoms with Crippen LogP contribution < -0.4 is 5.32 Å². The molecule has 0 spiro atoms. The lowest BCUT2D eigenvalue weighted by Gasteiger charge is -2.19. The minimum Gasteiger partial charge on any atom is -0.478 e. The summed E-state index contributed by atoms with van der Waals surface area (Å²) in [7, 11) is 0. The van der Waals surface area contributed by atoms with E-state index in [1.807, 2.05) is 6.92 Å². The van der Waals surface area contributed by atoms with Crippen molar-refractivity contribution in [2.24, 2.45) is 0 Å². The fraction of sp³-hybridized carbons (Fsp3) is 0.600. The number of hydrogen-bond donors (Lipinski definition) is 2. The van der Waals surface area contributed by atoms with Gasteiger partial charge in [0.25, 0.3) is 0 Å². The zero-order chi connectivity index (χ0) is 13.7. The highest BCUT2D eigenvalue weighted by Gasteiger charge is 2.19. The molecule has 0 atom stereocenters. The highest BCUT2D eigenvalue weighted by Crippen LogP contribution is 2.24. The SMILES string of the molecule is CCc1ccnc(NC2CCCCCC2)c1C(=O)O. The molecule has 0 amide bonds. The summed E-state index contributed by atoms with van der Waals surface area (Å²) in [5.41, 5.74) is 1.19. The normalized spacial score (nSPS) is 16.9. The van der Waals surface area contributed by atoms with E-state index in [1.165, 1.54) is 25.7 Å². The molecule has 0 aliphatic heterocycles. The van der Waals surface area contributed by atoms with Crippen molar-refractivity contribution in [3.8, 4) is 0 Å². The Kier molecular flexibility index (Phi) is 4.77. The van der Waals surface area contributed by atoms with Gasteiger partial charge < -0.3 is 10.4 Å². The number of hydrogen-bond acceptors (Lipinski definition) is 3. The summed E-state index contributed by atoms with van der Waals surface area (Å²) >= 11 is 0. The van der Waals surface area contributed by atoms with Crippen LogP contribution in [-0.4, -0.2) is 22.1 Å². The zero-order valence-electron chi connectivity index (χ0n) is 11.5. The molecule has 1 aliphatic carbocycles. The molecular formula is C15H22N2O2. The first-order valence-corrected chi connectivity index (χ1v) is 7.20. The quantitative estimate of drug-likeness (QED) is 0.815. The summed E-state index contributed by atoms with van der Waals surface area (Å²) in [6.45, 7) is 1.97. The predicted molar refractivity (Wildman–Crippen MR) is 75.7 cm³/mol. The molecule has 0 aromatic carbocycles. The van der Waals surface area contributed by atoms with Gasteiger partial charge in [-0.15, -0.1) is 0 Å². The minimum absolute atomic E-state index is 0.342. The number of nitrogens with zero attached hydrogens (tertiary/aromatic N) is 1. The first-order chi connectivity index (χ1) is 9.22. The first kappa shape index (κ1) is 13.8. The summed E-state index contributed by atoms with van der Waals surface area (Å²) in [5.74, 6) is -0.347. The Labute approximate surface area is 114 Å². The summed E-state index contributed by atoms with van der Waals surface area (Å²) in [6.07, 6.45) is 9.63. The third kappa shape index (κ3) is 3.46. The van der Waals surface area contributed by atoms with Gasteiger partial charge in [-0.1, -0.05) is 32.6 Å². The number of carboxylic acids is 1. The molecule has 104 valence electrons. The van der Waals surface area contributed by atoms with Crippen molar-refractivity contribution in [1.29, 1.82) is 0 Å². The lowest BCUT2D eigenvalue weighted by molar-refractivity contribution is 0.0696. The molecular weight excluding hydrogens is 240 g/mol. The van der Waals surface area contributed by atoms with Gasteiger partial charge in [-0.3, -0.25) is 0 Å². The monoisotopic (exact) mass is 262 g/mol. The third-order valence-electron chi connectivity index (χ3n) is 3.83. The van der Waals surface area contributed by atoms with Crippen LogP contribution in [0, 0.1) is 0 Å². The van der Waals surface area contributed by atoms with Crippen LogP contribution in [0.25, 0.3) is 0 Å². The highest BCUT2D eigenvalue weighted by molar-refractivity contribution is 5.94. The van der Waals surface area contributed by atoms with Crippen molar-refractivity contribution in [3.63, 3.8) is 0 Å². The summed E-state index contributed by atoms with van der Waals surface area (Å²) in [4.78, 5) is 15.7. The van der Waals surface area contributed by atoms with Gasteiger partial charge in [-0.2, -0.15) is 0 Å². The Bertz CT molecular complexity index is 438. The number of aromatic nitrogens is 1. The molecule has 1 fully saturated rings. The van der Waals surface area contributed by atoms with E-state index >= 15 is 0 Å². The average molecular weight is 262 g/mol. The molecule has 1 aromatic heterocycles. The number of rotatable bonds is 4. The Balaban J connectivity index is 2.21. The summed E-state index contributed by atoms with van der Waals surface area (Å²) in [5, 5.41) is 12.7. The Hall–Kier alpha value is -1.58. The van der Waals surface area contributed by atoms with Gasteiger partial charge in [0.2, 0.25) is 0 Å². The molecule has 1 saturated carbocycles. The predicted octanol–water partition coefficient (Wildman–Crippen LogP) is 3.48. The summed E-state index contributed by atoms with van der Waals surface area (Å²) < 4.78 is 0. The van der Waals surface area contributed by atoms with Crippen molar-refractivity contribution in [2.45, 2.75) is 57.9 Å². The third-order valence-corrected chi connectivity index (χ3v) is 3.83. The van der Waals surface area contributed by atoms with Crippen molar-refractivity contribution in [2.75, 3.05) is 5.32 Å². The minimum atomic E-state index is -0.888. The van der Waals surface area contributed by atoms with Crippen LogP contribution in [-0.2, 0) is 6.42 Å². The number of anilines is 1. The van der Waals surface area contributed by atoms with Crippen molar-refractivity contribution >= 4 is 11.8 Å². The van der Waals surface area contributed by atoms with Crippen molar-refractivity contribution < 1.29 is 9.90 Å². The van der Waals surface area contributed by atoms with Crippen LogP contribution >= 0.6 is 0 Å². The van der Waals surface area contributed by atoms with E-state index in [1.54, 1.807) is 12.3 Å². The lowest BCUT2D eigenvalue weighted by Crippen LogP contribution is -2.21. The molecule has 2 rings (SSSR count). The molecule has 0 unspecified atom stereocenters. The molecule has 1 aliphatic rings. The van der Waals surface area contributed by atoms with E-state index < -0.39 is 5.97 Å². The Morgan fingerprint density at radius 2 is 2.05 bits per heavy atom. The van der Waals surface area contributed by atoms with E-state index in [-0.39, 0.29) is 0 Å². The number of aryl methyl sites for hydroxylation is 1. The zero-order valence-corrected chi connectivity index (χ0v) is 11.5.